The van der Waals surface area contributed by atoms with Gasteiger partial charge in [-0.05, 0) is 48.2 Å². The Morgan fingerprint density at radius 2 is 1.79 bits per heavy atom. The molecule has 29 heavy (non-hydrogen) atoms. The SMILES string of the molecule is C[C@H](c1c[nH]c(=O)c2cc(F)c(F)cc12)N(C)C(=O)c1cc2c(F)cccn2c1. The van der Waals surface area contributed by atoms with Gasteiger partial charge in [0.25, 0.3) is 11.5 Å². The van der Waals surface area contributed by atoms with E-state index in [-0.39, 0.29) is 27.8 Å². The number of carbonyl (C=O) groups is 1. The molecule has 0 fully saturated rings. The molecular formula is C21H16F3N3O2. The number of benzene rings is 1. The van der Waals surface area contributed by atoms with Crippen LogP contribution in [0.4, 0.5) is 13.2 Å². The third-order valence-corrected chi connectivity index (χ3v) is 5.16. The first kappa shape index (κ1) is 18.8. The number of carbonyl (C=O) groups excluding carboxylic acids is 1. The number of rotatable bonds is 3. The molecule has 0 unspecified atom stereocenters. The average molecular weight is 399 g/mol. The van der Waals surface area contributed by atoms with Gasteiger partial charge in [0.05, 0.1) is 22.5 Å². The van der Waals surface area contributed by atoms with Crippen LogP contribution in [0, 0.1) is 17.5 Å². The number of hydrogen-bond donors (Lipinski definition) is 1. The molecule has 3 heterocycles. The molecule has 4 rings (SSSR count). The number of pyridine rings is 2. The fraction of sp³-hybridized carbons (Fsp3) is 0.143. The third kappa shape index (κ3) is 3.06. The van der Waals surface area contributed by atoms with Crippen molar-refractivity contribution in [3.63, 3.8) is 0 Å². The Bertz CT molecular complexity index is 1330. The van der Waals surface area contributed by atoms with Crippen LogP contribution in [0.25, 0.3) is 16.3 Å². The molecule has 0 radical (unpaired) electrons. The van der Waals surface area contributed by atoms with Gasteiger partial charge >= 0.3 is 0 Å². The van der Waals surface area contributed by atoms with Crippen molar-refractivity contribution < 1.29 is 18.0 Å². The summed E-state index contributed by atoms with van der Waals surface area (Å²) in [6.07, 6.45) is 4.53. The van der Waals surface area contributed by atoms with Gasteiger partial charge < -0.3 is 14.3 Å². The van der Waals surface area contributed by atoms with Crippen molar-refractivity contribution in [2.75, 3.05) is 7.05 Å². The largest absolute Gasteiger partial charge is 0.335 e. The zero-order valence-electron chi connectivity index (χ0n) is 15.5. The van der Waals surface area contributed by atoms with Crippen LogP contribution in [0.2, 0.25) is 0 Å². The van der Waals surface area contributed by atoms with E-state index >= 15 is 0 Å². The molecule has 0 aliphatic rings. The van der Waals surface area contributed by atoms with E-state index in [1.54, 1.807) is 20.2 Å². The van der Waals surface area contributed by atoms with Crippen molar-refractivity contribution in [1.82, 2.24) is 14.3 Å². The van der Waals surface area contributed by atoms with Gasteiger partial charge in [-0.3, -0.25) is 9.59 Å². The summed E-state index contributed by atoms with van der Waals surface area (Å²) < 4.78 is 42.8. The lowest BCUT2D eigenvalue weighted by molar-refractivity contribution is 0.0743. The van der Waals surface area contributed by atoms with Crippen LogP contribution in [0.3, 0.4) is 0 Å². The number of H-pyrrole nitrogens is 1. The number of nitrogens with zero attached hydrogens (tertiary/aromatic N) is 2. The molecule has 1 N–H and O–H groups in total. The highest BCUT2D eigenvalue weighted by Gasteiger charge is 2.23. The molecule has 1 aromatic carbocycles. The lowest BCUT2D eigenvalue weighted by Crippen LogP contribution is -2.30. The van der Waals surface area contributed by atoms with Crippen LogP contribution in [-0.2, 0) is 0 Å². The molecule has 0 spiro atoms. The Morgan fingerprint density at radius 3 is 2.48 bits per heavy atom. The highest BCUT2D eigenvalue weighted by Crippen LogP contribution is 2.28. The number of halogens is 3. The number of aromatic amines is 1. The summed E-state index contributed by atoms with van der Waals surface area (Å²) in [5.74, 6) is -3.05. The summed E-state index contributed by atoms with van der Waals surface area (Å²) in [6, 6.07) is 5.48. The first-order valence-corrected chi connectivity index (χ1v) is 8.81. The number of hydrogen-bond acceptors (Lipinski definition) is 2. The van der Waals surface area contributed by atoms with Gasteiger partial charge in [0.2, 0.25) is 0 Å². The maximum atomic E-state index is 13.9. The molecule has 0 aliphatic carbocycles. The topological polar surface area (TPSA) is 57.6 Å². The smallest absolute Gasteiger partial charge is 0.255 e. The second-order valence-corrected chi connectivity index (χ2v) is 6.85. The number of nitrogens with one attached hydrogen (secondary N) is 1. The number of fused-ring (bicyclic) bond motifs is 2. The van der Waals surface area contributed by atoms with Crippen LogP contribution >= 0.6 is 0 Å². The van der Waals surface area contributed by atoms with E-state index in [1.165, 1.54) is 39.9 Å². The van der Waals surface area contributed by atoms with Crippen molar-refractivity contribution >= 4 is 22.2 Å². The van der Waals surface area contributed by atoms with Crippen LogP contribution in [-0.4, -0.2) is 27.2 Å². The summed E-state index contributed by atoms with van der Waals surface area (Å²) in [7, 11) is 1.54. The molecule has 5 nitrogen and oxygen atoms in total. The maximum absolute atomic E-state index is 13.9. The minimum absolute atomic E-state index is 0.00854. The monoisotopic (exact) mass is 399 g/mol. The van der Waals surface area contributed by atoms with E-state index < -0.39 is 29.1 Å². The average Bonchev–Trinajstić information content (AvgIpc) is 3.14. The van der Waals surface area contributed by atoms with Gasteiger partial charge in [0.1, 0.15) is 5.82 Å². The predicted molar refractivity (Wildman–Crippen MR) is 102 cm³/mol. The molecular weight excluding hydrogens is 383 g/mol. The highest BCUT2D eigenvalue weighted by atomic mass is 19.2. The molecule has 1 atom stereocenters. The van der Waals surface area contributed by atoms with Gasteiger partial charge in [-0.25, -0.2) is 13.2 Å². The summed E-state index contributed by atoms with van der Waals surface area (Å²) in [6.45, 7) is 1.70. The molecule has 8 heteroatoms. The van der Waals surface area contributed by atoms with Crippen molar-refractivity contribution in [1.29, 1.82) is 0 Å². The van der Waals surface area contributed by atoms with E-state index in [9.17, 15) is 22.8 Å². The number of amides is 1. The molecule has 0 saturated heterocycles. The zero-order chi connectivity index (χ0) is 20.9. The van der Waals surface area contributed by atoms with Gasteiger partial charge in [-0.1, -0.05) is 0 Å². The lowest BCUT2D eigenvalue weighted by atomic mass is 10.0. The molecule has 0 saturated carbocycles. The van der Waals surface area contributed by atoms with Crippen LogP contribution in [0.5, 0.6) is 0 Å². The minimum Gasteiger partial charge on any atom is -0.335 e. The van der Waals surface area contributed by atoms with E-state index in [0.717, 1.165) is 12.1 Å². The summed E-state index contributed by atoms with van der Waals surface area (Å²) in [5, 5.41) is 0.207. The fourth-order valence-corrected chi connectivity index (χ4v) is 3.42. The minimum atomic E-state index is -1.13. The predicted octanol–water partition coefficient (Wildman–Crippen LogP) is 4.03. The Morgan fingerprint density at radius 1 is 1.10 bits per heavy atom. The Kier molecular flexibility index (Phi) is 4.41. The highest BCUT2D eigenvalue weighted by molar-refractivity contribution is 5.96. The fourth-order valence-electron chi connectivity index (χ4n) is 3.42. The summed E-state index contributed by atoms with van der Waals surface area (Å²) in [5.41, 5.74) is 0.432. The molecule has 3 aromatic heterocycles. The second kappa shape index (κ2) is 6.80. The van der Waals surface area contributed by atoms with E-state index in [1.807, 2.05) is 0 Å². The molecule has 0 bridgehead atoms. The van der Waals surface area contributed by atoms with E-state index in [4.69, 9.17) is 0 Å². The van der Waals surface area contributed by atoms with Gasteiger partial charge in [-0.15, -0.1) is 0 Å². The third-order valence-electron chi connectivity index (χ3n) is 5.16. The first-order valence-electron chi connectivity index (χ1n) is 8.81. The number of aromatic nitrogens is 2. The standard InChI is InChI=1S/C21H16F3N3O2/c1-11(15-9-25-20(28)14-8-18(24)17(23)7-13(14)15)26(2)21(29)12-6-19-16(22)4-3-5-27(19)10-12/h3-11H,1-2H3,(H,25,28)/t11-/m1/s1. The second-order valence-electron chi connectivity index (χ2n) is 6.85. The van der Waals surface area contributed by atoms with Crippen molar-refractivity contribution in [2.24, 2.45) is 0 Å². The van der Waals surface area contributed by atoms with Crippen LogP contribution in [0.15, 0.2) is 53.7 Å². The van der Waals surface area contributed by atoms with E-state index in [0.29, 0.717) is 5.56 Å². The molecule has 1 amide bonds. The molecule has 0 aliphatic heterocycles. The normalized spacial score (nSPS) is 12.4. The van der Waals surface area contributed by atoms with Crippen molar-refractivity contribution in [2.45, 2.75) is 13.0 Å². The Balaban J connectivity index is 1.75. The summed E-state index contributed by atoms with van der Waals surface area (Å²) >= 11 is 0. The van der Waals surface area contributed by atoms with E-state index in [2.05, 4.69) is 4.98 Å². The van der Waals surface area contributed by atoms with Crippen molar-refractivity contribution in [3.8, 4) is 0 Å². The first-order chi connectivity index (χ1) is 13.8. The maximum Gasteiger partial charge on any atom is 0.255 e. The lowest BCUT2D eigenvalue weighted by Gasteiger charge is -2.26. The Hall–Kier alpha value is -3.55. The molecule has 4 aromatic rings. The Labute approximate surface area is 163 Å². The van der Waals surface area contributed by atoms with Gasteiger partial charge in [0.15, 0.2) is 11.6 Å². The summed E-state index contributed by atoms with van der Waals surface area (Å²) in [4.78, 5) is 28.8. The van der Waals surface area contributed by atoms with Crippen LogP contribution in [0.1, 0.15) is 28.9 Å². The zero-order valence-corrected chi connectivity index (χ0v) is 15.5. The van der Waals surface area contributed by atoms with Crippen LogP contribution < -0.4 is 5.56 Å². The van der Waals surface area contributed by atoms with Gasteiger partial charge in [0, 0.05) is 25.6 Å². The quantitative estimate of drug-likeness (QED) is 0.566. The molecule has 148 valence electrons. The van der Waals surface area contributed by atoms with Crippen molar-refractivity contribution in [3.05, 3.63) is 87.9 Å². The van der Waals surface area contributed by atoms with Gasteiger partial charge in [-0.2, -0.15) is 0 Å².